The van der Waals surface area contributed by atoms with Gasteiger partial charge in [-0.15, -0.1) is 0 Å². The van der Waals surface area contributed by atoms with E-state index in [1.54, 1.807) is 31.2 Å². The number of aliphatic hydroxyl groups is 1. The number of halogens is 3. The molecule has 7 nitrogen and oxygen atoms in total. The second-order valence-corrected chi connectivity index (χ2v) is 8.49. The van der Waals surface area contributed by atoms with E-state index in [1.807, 2.05) is 4.57 Å². The second-order valence-electron chi connectivity index (χ2n) is 8.49. The molecule has 0 bridgehead atoms. The van der Waals surface area contributed by atoms with Crippen molar-refractivity contribution in [3.63, 3.8) is 0 Å². The topological polar surface area (TPSA) is 82.3 Å². The van der Waals surface area contributed by atoms with Crippen LogP contribution in [0.25, 0.3) is 22.2 Å². The van der Waals surface area contributed by atoms with Crippen molar-refractivity contribution in [1.29, 1.82) is 0 Å². The Labute approximate surface area is 199 Å². The molecular weight excluding hydrogens is 461 g/mol. The Hall–Kier alpha value is -3.50. The molecule has 0 radical (unpaired) electrons. The molecule has 1 aliphatic rings. The molecule has 2 aromatic heterocycles. The summed E-state index contributed by atoms with van der Waals surface area (Å²) >= 11 is 0. The summed E-state index contributed by atoms with van der Waals surface area (Å²) in [4.78, 5) is 13.1. The molecule has 0 amide bonds. The van der Waals surface area contributed by atoms with Crippen molar-refractivity contribution in [1.82, 2.24) is 19.5 Å². The van der Waals surface area contributed by atoms with Crippen LogP contribution < -0.4 is 4.74 Å². The number of aryl methyl sites for hydroxylation is 1. The Balaban J connectivity index is 1.51. The van der Waals surface area contributed by atoms with Crippen molar-refractivity contribution in [2.75, 3.05) is 13.2 Å². The lowest BCUT2D eigenvalue weighted by Crippen LogP contribution is -2.35. The molecule has 0 aliphatic carbocycles. The van der Waals surface area contributed by atoms with Crippen LogP contribution in [0.15, 0.2) is 48.8 Å². The number of aromatic nitrogens is 4. The maximum atomic E-state index is 15.0. The highest BCUT2D eigenvalue weighted by atomic mass is 19.3. The van der Waals surface area contributed by atoms with Gasteiger partial charge in [0.25, 0.3) is 0 Å². The van der Waals surface area contributed by atoms with E-state index in [1.165, 1.54) is 24.5 Å². The Kier molecular flexibility index (Phi) is 6.16. The molecular formula is C25H23F3N4O3. The van der Waals surface area contributed by atoms with Gasteiger partial charge in [-0.05, 0) is 19.1 Å². The number of fused-ring (bicyclic) bond motifs is 1. The molecule has 0 saturated carbocycles. The van der Waals surface area contributed by atoms with Crippen LogP contribution in [0.4, 0.5) is 13.2 Å². The predicted molar refractivity (Wildman–Crippen MR) is 122 cm³/mol. The summed E-state index contributed by atoms with van der Waals surface area (Å²) in [6.07, 6.45) is 3.75. The first-order valence-electron chi connectivity index (χ1n) is 11.2. The molecule has 0 spiro atoms. The monoisotopic (exact) mass is 484 g/mol. The highest BCUT2D eigenvalue weighted by Crippen LogP contribution is 2.32. The zero-order valence-electron chi connectivity index (χ0n) is 18.9. The van der Waals surface area contributed by atoms with Gasteiger partial charge >= 0.3 is 6.61 Å². The van der Waals surface area contributed by atoms with Crippen LogP contribution in [0.5, 0.6) is 5.75 Å². The van der Waals surface area contributed by atoms with Gasteiger partial charge in [0, 0.05) is 61.2 Å². The smallest absolute Gasteiger partial charge is 0.387 e. The highest BCUT2D eigenvalue weighted by molar-refractivity contribution is 5.83. The van der Waals surface area contributed by atoms with Crippen molar-refractivity contribution in [2.45, 2.75) is 38.5 Å². The van der Waals surface area contributed by atoms with Crippen LogP contribution in [-0.2, 0) is 16.9 Å². The number of hydrogen-bond acceptors (Lipinski definition) is 6. The van der Waals surface area contributed by atoms with Gasteiger partial charge in [-0.1, -0.05) is 18.2 Å². The van der Waals surface area contributed by atoms with E-state index in [-0.39, 0.29) is 23.7 Å². The van der Waals surface area contributed by atoms with Crippen LogP contribution in [0.1, 0.15) is 30.1 Å². The van der Waals surface area contributed by atoms with Crippen LogP contribution in [0, 0.1) is 12.7 Å². The lowest BCUT2D eigenvalue weighted by molar-refractivity contribution is -0.0733. The molecule has 5 rings (SSSR count). The van der Waals surface area contributed by atoms with Crippen LogP contribution in [-0.4, -0.2) is 44.5 Å². The summed E-state index contributed by atoms with van der Waals surface area (Å²) in [5.74, 6) is 0.449. The maximum absolute atomic E-state index is 15.0. The molecule has 182 valence electrons. The maximum Gasteiger partial charge on any atom is 0.387 e. The van der Waals surface area contributed by atoms with Gasteiger partial charge < -0.3 is 19.1 Å². The number of benzene rings is 2. The van der Waals surface area contributed by atoms with E-state index in [4.69, 9.17) is 4.74 Å². The fourth-order valence-corrected chi connectivity index (χ4v) is 4.34. The molecule has 3 heterocycles. The van der Waals surface area contributed by atoms with Gasteiger partial charge in [-0.25, -0.2) is 19.3 Å². The molecule has 1 aliphatic heterocycles. The van der Waals surface area contributed by atoms with Crippen molar-refractivity contribution >= 4 is 11.0 Å². The van der Waals surface area contributed by atoms with Gasteiger partial charge in [0.2, 0.25) is 0 Å². The van der Waals surface area contributed by atoms with E-state index < -0.39 is 18.0 Å². The van der Waals surface area contributed by atoms with Gasteiger partial charge in [-0.2, -0.15) is 8.78 Å². The lowest BCUT2D eigenvalue weighted by Gasteiger charge is -2.30. The third-order valence-corrected chi connectivity index (χ3v) is 6.24. The number of nitrogens with zero attached hydrogens (tertiary/aromatic N) is 4. The summed E-state index contributed by atoms with van der Waals surface area (Å²) in [5, 5.41) is 10.8. The first kappa shape index (κ1) is 23.3. The molecule has 4 aromatic rings. The quantitative estimate of drug-likeness (QED) is 0.431. The van der Waals surface area contributed by atoms with E-state index in [9.17, 15) is 13.9 Å². The number of rotatable bonds is 6. The first-order valence-corrected chi connectivity index (χ1v) is 11.2. The predicted octanol–water partition coefficient (Wildman–Crippen LogP) is 4.59. The number of hydrogen-bond donors (Lipinski definition) is 1. The minimum atomic E-state index is -2.94. The van der Waals surface area contributed by atoms with Gasteiger partial charge in [0.05, 0.1) is 17.6 Å². The van der Waals surface area contributed by atoms with Gasteiger partial charge in [-0.3, -0.25) is 0 Å². The van der Waals surface area contributed by atoms with Crippen molar-refractivity contribution in [3.8, 4) is 16.9 Å². The first-order chi connectivity index (χ1) is 16.8. The molecule has 0 atom stereocenters. The van der Waals surface area contributed by atoms with Crippen LogP contribution >= 0.6 is 0 Å². The van der Waals surface area contributed by atoms with E-state index >= 15 is 4.39 Å². The SMILES string of the molecule is Cc1nc2cc(F)c(-c3cnc(C4(O)CCOCC4)nc3)cc2n1Cc1ccccc1OC(F)F. The third kappa shape index (κ3) is 4.59. The largest absolute Gasteiger partial charge is 0.434 e. The Morgan fingerprint density at radius 1 is 1.14 bits per heavy atom. The van der Waals surface area contributed by atoms with E-state index in [0.717, 1.165) is 0 Å². The van der Waals surface area contributed by atoms with Crippen LogP contribution in [0.3, 0.4) is 0 Å². The molecule has 1 N–H and O–H groups in total. The average Bonchev–Trinajstić information content (AvgIpc) is 3.13. The molecule has 10 heteroatoms. The standard InChI is InChI=1S/C25H23F3N4O3/c1-15-31-20-11-19(26)18(17-12-29-23(30-13-17)25(33)6-8-34-9-7-25)10-21(20)32(15)14-16-4-2-3-5-22(16)35-24(27)28/h2-5,10-13,24,33H,6-9,14H2,1H3. The average molecular weight is 484 g/mol. The highest BCUT2D eigenvalue weighted by Gasteiger charge is 2.34. The van der Waals surface area contributed by atoms with E-state index in [2.05, 4.69) is 19.7 Å². The van der Waals surface area contributed by atoms with Crippen molar-refractivity contribution < 1.29 is 27.8 Å². The summed E-state index contributed by atoms with van der Waals surface area (Å²) in [7, 11) is 0. The molecule has 2 aromatic carbocycles. The zero-order chi connectivity index (χ0) is 24.6. The third-order valence-electron chi connectivity index (χ3n) is 6.24. The number of imidazole rings is 1. The lowest BCUT2D eigenvalue weighted by atomic mass is 9.93. The number of ether oxygens (including phenoxy) is 2. The molecule has 1 fully saturated rings. The number of para-hydroxylation sites is 1. The zero-order valence-corrected chi connectivity index (χ0v) is 18.9. The Bertz CT molecular complexity index is 1350. The normalized spacial score (nSPS) is 15.6. The molecule has 35 heavy (non-hydrogen) atoms. The number of alkyl halides is 2. The minimum Gasteiger partial charge on any atom is -0.434 e. The fraction of sp³-hybridized carbons (Fsp3) is 0.320. The molecule has 0 unspecified atom stereocenters. The van der Waals surface area contributed by atoms with Gasteiger partial charge in [0.15, 0.2) is 5.82 Å². The summed E-state index contributed by atoms with van der Waals surface area (Å²) in [6, 6.07) is 9.50. The van der Waals surface area contributed by atoms with Gasteiger partial charge in [0.1, 0.15) is 23.0 Å². The van der Waals surface area contributed by atoms with Crippen LogP contribution in [0.2, 0.25) is 0 Å². The second kappa shape index (κ2) is 9.27. The summed E-state index contributed by atoms with van der Waals surface area (Å²) in [5.41, 5.74) is 1.14. The minimum absolute atomic E-state index is 0.0705. The Morgan fingerprint density at radius 2 is 1.86 bits per heavy atom. The fourth-order valence-electron chi connectivity index (χ4n) is 4.34. The van der Waals surface area contributed by atoms with E-state index in [0.29, 0.717) is 54.0 Å². The van der Waals surface area contributed by atoms with Crippen molar-refractivity contribution in [3.05, 3.63) is 71.8 Å². The van der Waals surface area contributed by atoms with Crippen molar-refractivity contribution in [2.24, 2.45) is 0 Å². The molecule has 1 saturated heterocycles. The summed E-state index contributed by atoms with van der Waals surface area (Å²) < 4.78 is 52.5. The Morgan fingerprint density at radius 3 is 2.57 bits per heavy atom. The summed E-state index contributed by atoms with van der Waals surface area (Å²) in [6.45, 7) is -0.134.